The van der Waals surface area contributed by atoms with E-state index >= 15 is 0 Å². The van der Waals surface area contributed by atoms with Crippen molar-refractivity contribution in [2.24, 2.45) is 0 Å². The highest BCUT2D eigenvalue weighted by molar-refractivity contribution is 5.66. The van der Waals surface area contributed by atoms with Crippen molar-refractivity contribution in [3.63, 3.8) is 0 Å². The minimum absolute atomic E-state index is 1.11. The molecule has 0 aliphatic heterocycles. The smallest absolute Gasteiger partial charge is 0.0201 e. The van der Waals surface area contributed by atoms with Crippen molar-refractivity contribution >= 4 is 11.1 Å². The molecule has 0 aliphatic carbocycles. The molecule has 0 amide bonds. The molecule has 0 aromatic heterocycles. The van der Waals surface area contributed by atoms with Crippen LogP contribution in [-0.2, 0) is 0 Å². The summed E-state index contributed by atoms with van der Waals surface area (Å²) in [5, 5.41) is 0. The Hall–Kier alpha value is -2.08. The van der Waals surface area contributed by atoms with E-state index in [-0.39, 0.29) is 0 Å². The zero-order valence-electron chi connectivity index (χ0n) is 17.3. The first-order valence-corrected chi connectivity index (χ1v) is 9.55. The van der Waals surface area contributed by atoms with Gasteiger partial charge in [-0.2, -0.15) is 0 Å². The highest BCUT2D eigenvalue weighted by Gasteiger charge is 1.96. The molecule has 0 atom stereocenters. The average molecular weight is 337 g/mol. The Balaban J connectivity index is 0.000000421. The van der Waals surface area contributed by atoms with Crippen LogP contribution in [0.1, 0.15) is 71.1 Å². The molecule has 0 spiro atoms. The topological polar surface area (TPSA) is 0 Å². The van der Waals surface area contributed by atoms with Crippen LogP contribution in [0.4, 0.5) is 0 Å². The van der Waals surface area contributed by atoms with E-state index in [2.05, 4.69) is 95.3 Å². The number of hydrogen-bond donors (Lipinski definition) is 0. The van der Waals surface area contributed by atoms with Gasteiger partial charge in [0.25, 0.3) is 0 Å². The molecule has 2 rings (SSSR count). The van der Waals surface area contributed by atoms with Crippen molar-refractivity contribution in [2.75, 3.05) is 0 Å². The molecule has 25 heavy (non-hydrogen) atoms. The molecule has 0 saturated carbocycles. The standard InChI is InChI=1S/C12H16.C11H14.C2H6/c1-4-7-10(2)12-9-6-5-8-11(12)3;1-3-7-10(2)11-8-5-4-6-9-11;1-2/h5-9H,4H2,1-3H3;4-9H,3H2,1-2H3;1-2H3/b2*10-7+;. The van der Waals surface area contributed by atoms with Crippen LogP contribution in [0, 0.1) is 6.92 Å². The fourth-order valence-corrected chi connectivity index (χ4v) is 2.56. The Labute approximate surface area is 156 Å². The van der Waals surface area contributed by atoms with Gasteiger partial charge in [-0.15, -0.1) is 0 Å². The van der Waals surface area contributed by atoms with E-state index in [4.69, 9.17) is 0 Å². The molecule has 0 N–H and O–H groups in total. The first-order chi connectivity index (χ1) is 12.1. The van der Waals surface area contributed by atoms with Crippen LogP contribution in [-0.4, -0.2) is 0 Å². The van der Waals surface area contributed by atoms with Gasteiger partial charge in [-0.3, -0.25) is 0 Å². The molecular formula is C25H36. The summed E-state index contributed by atoms with van der Waals surface area (Å²) < 4.78 is 0. The SMILES string of the molecule is CC.CC/C=C(\C)c1ccccc1.CC/C=C(\C)c1ccccc1C. The molecule has 0 saturated heterocycles. The number of benzene rings is 2. The predicted molar refractivity (Wildman–Crippen MR) is 117 cm³/mol. The van der Waals surface area contributed by atoms with Gasteiger partial charge in [0.1, 0.15) is 0 Å². The summed E-state index contributed by atoms with van der Waals surface area (Å²) >= 11 is 0. The second-order valence-corrected chi connectivity index (χ2v) is 5.77. The van der Waals surface area contributed by atoms with Crippen molar-refractivity contribution in [3.05, 3.63) is 83.4 Å². The minimum atomic E-state index is 1.11. The fraction of sp³-hybridized carbons (Fsp3) is 0.360. The molecule has 0 heteroatoms. The molecule has 0 bridgehead atoms. The third-order valence-corrected chi connectivity index (χ3v) is 3.82. The molecule has 0 fully saturated rings. The molecule has 0 radical (unpaired) electrons. The summed E-state index contributed by atoms with van der Waals surface area (Å²) in [4.78, 5) is 0. The summed E-state index contributed by atoms with van der Waals surface area (Å²) in [7, 11) is 0. The molecule has 0 aliphatic rings. The van der Waals surface area contributed by atoms with Crippen molar-refractivity contribution in [2.45, 2.75) is 61.3 Å². The highest BCUT2D eigenvalue weighted by Crippen LogP contribution is 2.17. The lowest BCUT2D eigenvalue weighted by Gasteiger charge is -2.04. The van der Waals surface area contributed by atoms with Crippen LogP contribution < -0.4 is 0 Å². The van der Waals surface area contributed by atoms with E-state index in [0.29, 0.717) is 0 Å². The lowest BCUT2D eigenvalue weighted by atomic mass is 10.0. The summed E-state index contributed by atoms with van der Waals surface area (Å²) in [6.45, 7) is 14.8. The van der Waals surface area contributed by atoms with E-state index in [1.54, 1.807) is 0 Å². The Morgan fingerprint density at radius 1 is 0.720 bits per heavy atom. The van der Waals surface area contributed by atoms with Gasteiger partial charge >= 0.3 is 0 Å². The number of aryl methyl sites for hydroxylation is 1. The van der Waals surface area contributed by atoms with Crippen LogP contribution in [0.15, 0.2) is 66.7 Å². The lowest BCUT2D eigenvalue weighted by Crippen LogP contribution is -1.83. The third kappa shape index (κ3) is 9.10. The Kier molecular flexibility index (Phi) is 13.1. The maximum Gasteiger partial charge on any atom is -0.0201 e. The molecular weight excluding hydrogens is 300 g/mol. The van der Waals surface area contributed by atoms with Gasteiger partial charge in [0, 0.05) is 0 Å². The van der Waals surface area contributed by atoms with Crippen LogP contribution in [0.5, 0.6) is 0 Å². The molecule has 2 aromatic rings. The van der Waals surface area contributed by atoms with Crippen LogP contribution in [0.25, 0.3) is 11.1 Å². The molecule has 136 valence electrons. The zero-order chi connectivity index (χ0) is 19.1. The fourth-order valence-electron chi connectivity index (χ4n) is 2.56. The molecule has 2 aromatic carbocycles. The monoisotopic (exact) mass is 336 g/mol. The third-order valence-electron chi connectivity index (χ3n) is 3.82. The second kappa shape index (κ2) is 14.3. The average Bonchev–Trinajstić information content (AvgIpc) is 2.65. The van der Waals surface area contributed by atoms with Crippen LogP contribution in [0.2, 0.25) is 0 Å². The Bertz CT molecular complexity index is 630. The first-order valence-electron chi connectivity index (χ1n) is 9.55. The predicted octanol–water partition coefficient (Wildman–Crippen LogP) is 8.33. The zero-order valence-corrected chi connectivity index (χ0v) is 17.3. The van der Waals surface area contributed by atoms with Gasteiger partial charge in [-0.05, 0) is 61.4 Å². The molecule has 0 heterocycles. The summed E-state index contributed by atoms with van der Waals surface area (Å²) in [6, 6.07) is 19.0. The van der Waals surface area contributed by atoms with Gasteiger partial charge in [-0.1, -0.05) is 94.4 Å². The highest BCUT2D eigenvalue weighted by atomic mass is 14.0. The largest absolute Gasteiger partial charge is 0.0813 e. The summed E-state index contributed by atoms with van der Waals surface area (Å²) in [5.74, 6) is 0. The van der Waals surface area contributed by atoms with E-state index in [0.717, 1.165) is 12.8 Å². The molecule has 0 nitrogen and oxygen atoms in total. The number of hydrogen-bond acceptors (Lipinski definition) is 0. The molecule has 0 unspecified atom stereocenters. The normalized spacial score (nSPS) is 11.0. The Morgan fingerprint density at radius 3 is 1.72 bits per heavy atom. The van der Waals surface area contributed by atoms with Crippen molar-refractivity contribution < 1.29 is 0 Å². The maximum absolute atomic E-state index is 2.27. The van der Waals surface area contributed by atoms with Gasteiger partial charge in [0.2, 0.25) is 0 Å². The van der Waals surface area contributed by atoms with Crippen molar-refractivity contribution in [1.82, 2.24) is 0 Å². The number of allylic oxidation sites excluding steroid dienone is 4. The van der Waals surface area contributed by atoms with E-state index in [9.17, 15) is 0 Å². The van der Waals surface area contributed by atoms with E-state index < -0.39 is 0 Å². The van der Waals surface area contributed by atoms with E-state index in [1.165, 1.54) is 27.8 Å². The van der Waals surface area contributed by atoms with E-state index in [1.807, 2.05) is 19.9 Å². The number of rotatable bonds is 4. The van der Waals surface area contributed by atoms with Crippen molar-refractivity contribution in [3.8, 4) is 0 Å². The Morgan fingerprint density at radius 2 is 1.20 bits per heavy atom. The maximum atomic E-state index is 2.27. The van der Waals surface area contributed by atoms with Crippen LogP contribution in [0.3, 0.4) is 0 Å². The van der Waals surface area contributed by atoms with Crippen molar-refractivity contribution in [1.29, 1.82) is 0 Å². The minimum Gasteiger partial charge on any atom is -0.0813 e. The second-order valence-electron chi connectivity index (χ2n) is 5.77. The van der Waals surface area contributed by atoms with Gasteiger partial charge in [-0.25, -0.2) is 0 Å². The van der Waals surface area contributed by atoms with Gasteiger partial charge in [0.15, 0.2) is 0 Å². The van der Waals surface area contributed by atoms with Crippen LogP contribution >= 0.6 is 0 Å². The quantitative estimate of drug-likeness (QED) is 0.526. The lowest BCUT2D eigenvalue weighted by molar-refractivity contribution is 1.22. The summed E-state index contributed by atoms with van der Waals surface area (Å²) in [6.07, 6.45) is 6.73. The summed E-state index contributed by atoms with van der Waals surface area (Å²) in [5.41, 5.74) is 6.82. The first kappa shape index (κ1) is 22.9. The van der Waals surface area contributed by atoms with Gasteiger partial charge in [0.05, 0.1) is 0 Å². The van der Waals surface area contributed by atoms with Gasteiger partial charge < -0.3 is 0 Å².